The van der Waals surface area contributed by atoms with Crippen LogP contribution in [0.3, 0.4) is 0 Å². The van der Waals surface area contributed by atoms with E-state index < -0.39 is 0 Å². The minimum absolute atomic E-state index is 0.189. The van der Waals surface area contributed by atoms with E-state index in [0.717, 1.165) is 12.8 Å². The number of aliphatic hydroxyl groups excluding tert-OH is 1. The molecule has 9 heavy (non-hydrogen) atoms. The zero-order valence-electron chi connectivity index (χ0n) is 5.84. The van der Waals surface area contributed by atoms with E-state index in [1.807, 2.05) is 6.92 Å². The first kappa shape index (κ1) is 8.50. The average Bonchev–Trinajstić information content (AvgIpc) is 1.85. The van der Waals surface area contributed by atoms with Gasteiger partial charge >= 0.3 is 0 Å². The molecule has 0 fully saturated rings. The summed E-state index contributed by atoms with van der Waals surface area (Å²) in [5.74, 6) is 0. The lowest BCUT2D eigenvalue weighted by Gasteiger charge is -2.08. The second-order valence-electron chi connectivity index (χ2n) is 1.98. The molecule has 0 spiro atoms. The topological polar surface area (TPSA) is 29.5 Å². The monoisotopic (exact) mass is 130 g/mol. The van der Waals surface area contributed by atoms with Crippen LogP contribution in [0.2, 0.25) is 0 Å². The Labute approximate surface area is 56.1 Å². The molecule has 0 aromatic rings. The molecule has 54 valence electrons. The second kappa shape index (κ2) is 5.63. The van der Waals surface area contributed by atoms with E-state index in [2.05, 4.69) is 6.58 Å². The molecule has 1 N–H and O–H groups in total. The van der Waals surface area contributed by atoms with Crippen molar-refractivity contribution in [2.75, 3.05) is 6.61 Å². The maximum Gasteiger partial charge on any atom is 0.0950 e. The molecule has 0 heterocycles. The van der Waals surface area contributed by atoms with Crippen molar-refractivity contribution in [1.82, 2.24) is 0 Å². The van der Waals surface area contributed by atoms with E-state index in [4.69, 9.17) is 9.84 Å². The molecule has 2 nitrogen and oxygen atoms in total. The highest BCUT2D eigenvalue weighted by Crippen LogP contribution is 1.99. The molecule has 0 saturated heterocycles. The van der Waals surface area contributed by atoms with Crippen LogP contribution >= 0.6 is 0 Å². The van der Waals surface area contributed by atoms with Crippen molar-refractivity contribution in [3.05, 3.63) is 12.8 Å². The first-order chi connectivity index (χ1) is 4.31. The summed E-state index contributed by atoms with van der Waals surface area (Å²) < 4.78 is 5.00. The molecular weight excluding hydrogens is 116 g/mol. The Bertz CT molecular complexity index is 71.3. The quantitative estimate of drug-likeness (QED) is 0.568. The number of hydrogen-bond donors (Lipinski definition) is 1. The van der Waals surface area contributed by atoms with E-state index in [-0.39, 0.29) is 12.7 Å². The Morgan fingerprint density at radius 1 is 1.78 bits per heavy atom. The summed E-state index contributed by atoms with van der Waals surface area (Å²) in [7, 11) is 0. The van der Waals surface area contributed by atoms with Crippen LogP contribution < -0.4 is 0 Å². The van der Waals surface area contributed by atoms with E-state index in [0.29, 0.717) is 0 Å². The molecule has 0 bridgehead atoms. The Morgan fingerprint density at radius 2 is 2.44 bits per heavy atom. The Kier molecular flexibility index (Phi) is 5.32. The summed E-state index contributed by atoms with van der Waals surface area (Å²) >= 11 is 0. The summed E-state index contributed by atoms with van der Waals surface area (Å²) in [6.45, 7) is 5.62. The van der Waals surface area contributed by atoms with E-state index in [1.54, 1.807) is 0 Å². The van der Waals surface area contributed by atoms with Gasteiger partial charge in [0, 0.05) is 6.61 Å². The van der Waals surface area contributed by atoms with Crippen molar-refractivity contribution in [3.8, 4) is 0 Å². The van der Waals surface area contributed by atoms with Crippen LogP contribution in [0.15, 0.2) is 12.8 Å². The lowest BCUT2D eigenvalue weighted by Crippen LogP contribution is -2.03. The fourth-order valence-corrected chi connectivity index (χ4v) is 0.611. The summed E-state index contributed by atoms with van der Waals surface area (Å²) in [4.78, 5) is 0. The number of rotatable bonds is 5. The molecule has 0 rings (SSSR count). The predicted molar refractivity (Wildman–Crippen MR) is 37.1 cm³/mol. The van der Waals surface area contributed by atoms with Gasteiger partial charge in [0.05, 0.1) is 12.4 Å². The van der Waals surface area contributed by atoms with Gasteiger partial charge in [-0.2, -0.15) is 0 Å². The fraction of sp³-hybridized carbons (Fsp3) is 0.714. The van der Waals surface area contributed by atoms with Crippen molar-refractivity contribution in [3.63, 3.8) is 0 Å². The normalized spacial score (nSPS) is 12.7. The third-order valence-corrected chi connectivity index (χ3v) is 1.10. The fourth-order valence-electron chi connectivity index (χ4n) is 0.611. The highest BCUT2D eigenvalue weighted by atomic mass is 16.5. The van der Waals surface area contributed by atoms with Crippen LogP contribution in [0.1, 0.15) is 19.8 Å². The van der Waals surface area contributed by atoms with Gasteiger partial charge in [0.2, 0.25) is 0 Å². The summed E-state index contributed by atoms with van der Waals surface area (Å²) in [6, 6.07) is 0. The first-order valence-electron chi connectivity index (χ1n) is 3.18. The Balaban J connectivity index is 3.04. The molecule has 0 saturated carbocycles. The van der Waals surface area contributed by atoms with Gasteiger partial charge in [-0.05, 0) is 19.8 Å². The number of ether oxygens (including phenoxy) is 1. The Morgan fingerprint density at radius 3 is 2.89 bits per heavy atom. The van der Waals surface area contributed by atoms with Crippen molar-refractivity contribution < 1.29 is 9.84 Å². The average molecular weight is 130 g/mol. The van der Waals surface area contributed by atoms with Crippen LogP contribution in [-0.4, -0.2) is 17.8 Å². The maximum absolute atomic E-state index is 8.40. The minimum Gasteiger partial charge on any atom is -0.499 e. The van der Waals surface area contributed by atoms with Gasteiger partial charge in [-0.25, -0.2) is 0 Å². The Hall–Kier alpha value is -0.500. The summed E-state index contributed by atoms with van der Waals surface area (Å²) in [5.41, 5.74) is 0. The number of hydrogen-bond acceptors (Lipinski definition) is 2. The van der Waals surface area contributed by atoms with Gasteiger partial charge in [-0.3, -0.25) is 0 Å². The molecular formula is C7H14O2. The standard InChI is InChI=1S/C7H14O2/c1-3-9-7(2)5-4-6-8/h3,7-8H,1,4-6H2,2H3. The maximum atomic E-state index is 8.40. The van der Waals surface area contributed by atoms with Crippen LogP contribution in [-0.2, 0) is 4.74 Å². The van der Waals surface area contributed by atoms with Gasteiger partial charge in [0.1, 0.15) is 0 Å². The second-order valence-corrected chi connectivity index (χ2v) is 1.98. The van der Waals surface area contributed by atoms with Gasteiger partial charge < -0.3 is 9.84 Å². The van der Waals surface area contributed by atoms with Gasteiger partial charge in [0.15, 0.2) is 0 Å². The molecule has 0 aliphatic heterocycles. The summed E-state index contributed by atoms with van der Waals surface area (Å²) in [6.07, 6.45) is 3.31. The zero-order chi connectivity index (χ0) is 7.11. The van der Waals surface area contributed by atoms with Crippen LogP contribution in [0, 0.1) is 0 Å². The van der Waals surface area contributed by atoms with Gasteiger partial charge in [0.25, 0.3) is 0 Å². The van der Waals surface area contributed by atoms with E-state index in [9.17, 15) is 0 Å². The smallest absolute Gasteiger partial charge is 0.0950 e. The van der Waals surface area contributed by atoms with Gasteiger partial charge in [-0.15, -0.1) is 0 Å². The molecule has 1 unspecified atom stereocenters. The third-order valence-electron chi connectivity index (χ3n) is 1.10. The summed E-state index contributed by atoms with van der Waals surface area (Å²) in [5, 5.41) is 8.40. The van der Waals surface area contributed by atoms with Crippen LogP contribution in [0.5, 0.6) is 0 Å². The van der Waals surface area contributed by atoms with Crippen molar-refractivity contribution in [2.45, 2.75) is 25.9 Å². The van der Waals surface area contributed by atoms with Crippen LogP contribution in [0.25, 0.3) is 0 Å². The highest BCUT2D eigenvalue weighted by Gasteiger charge is 1.96. The van der Waals surface area contributed by atoms with E-state index in [1.165, 1.54) is 6.26 Å². The first-order valence-corrected chi connectivity index (χ1v) is 3.18. The molecule has 1 atom stereocenters. The molecule has 0 amide bonds. The minimum atomic E-state index is 0.189. The zero-order valence-corrected chi connectivity index (χ0v) is 5.84. The van der Waals surface area contributed by atoms with Gasteiger partial charge in [-0.1, -0.05) is 6.58 Å². The molecule has 0 aromatic carbocycles. The lowest BCUT2D eigenvalue weighted by atomic mass is 10.2. The predicted octanol–water partition coefficient (Wildman–Crippen LogP) is 1.31. The largest absolute Gasteiger partial charge is 0.499 e. The molecule has 0 radical (unpaired) electrons. The highest BCUT2D eigenvalue weighted by molar-refractivity contribution is 4.56. The molecule has 0 aliphatic carbocycles. The van der Waals surface area contributed by atoms with Crippen molar-refractivity contribution in [1.29, 1.82) is 0 Å². The lowest BCUT2D eigenvalue weighted by molar-refractivity contribution is 0.141. The molecule has 0 aromatic heterocycles. The molecule has 2 heteroatoms. The van der Waals surface area contributed by atoms with E-state index >= 15 is 0 Å². The van der Waals surface area contributed by atoms with Crippen LogP contribution in [0.4, 0.5) is 0 Å². The number of aliphatic hydroxyl groups is 1. The molecule has 0 aliphatic rings. The SMILES string of the molecule is C=COC(C)CCCO. The van der Waals surface area contributed by atoms with Crippen molar-refractivity contribution >= 4 is 0 Å². The van der Waals surface area contributed by atoms with Crippen molar-refractivity contribution in [2.24, 2.45) is 0 Å². The third kappa shape index (κ3) is 5.37.